The highest BCUT2D eigenvalue weighted by atomic mass is 79.9. The first kappa shape index (κ1) is 35.8. The molecule has 48 heavy (non-hydrogen) atoms. The number of aliphatic hydroxyl groups excluding tert-OH is 1. The summed E-state index contributed by atoms with van der Waals surface area (Å²) in [7, 11) is 0. The number of amides is 3. The average molecular weight is 722 g/mol. The van der Waals surface area contributed by atoms with Crippen molar-refractivity contribution in [2.75, 3.05) is 42.6 Å². The fourth-order valence-electron chi connectivity index (χ4n) is 8.04. The van der Waals surface area contributed by atoms with Crippen LogP contribution in [0.4, 0.5) is 11.4 Å². The number of ether oxygens (including phenoxy) is 1. The summed E-state index contributed by atoms with van der Waals surface area (Å²) >= 11 is 3.80. The molecule has 3 unspecified atom stereocenters. The van der Waals surface area contributed by atoms with Crippen LogP contribution < -0.4 is 9.80 Å². The zero-order valence-electron chi connectivity index (χ0n) is 28.5. The number of carbonyl (C=O) groups excluding carboxylic acids is 3. The highest BCUT2D eigenvalue weighted by Gasteiger charge is 2.77. The number of carbonyl (C=O) groups is 3. The van der Waals surface area contributed by atoms with E-state index in [1.807, 2.05) is 68.4 Å². The number of anilines is 2. The fourth-order valence-corrected chi connectivity index (χ4v) is 8.98. The smallest absolute Gasteiger partial charge is 0.253 e. The molecule has 3 saturated heterocycles. The van der Waals surface area contributed by atoms with Gasteiger partial charge in [0, 0.05) is 48.9 Å². The molecule has 2 aromatic rings. The van der Waals surface area contributed by atoms with Crippen molar-refractivity contribution >= 4 is 45.0 Å². The summed E-state index contributed by atoms with van der Waals surface area (Å²) in [6.45, 7) is 18.1. The van der Waals surface area contributed by atoms with Crippen molar-refractivity contribution < 1.29 is 24.2 Å². The molecule has 2 bridgehead atoms. The maximum Gasteiger partial charge on any atom is 0.253 e. The van der Waals surface area contributed by atoms with E-state index < -0.39 is 35.6 Å². The molecule has 3 aliphatic rings. The summed E-state index contributed by atoms with van der Waals surface area (Å²) in [5.41, 5.74) is 1.42. The van der Waals surface area contributed by atoms with Gasteiger partial charge in [-0.15, -0.1) is 13.2 Å². The standard InChI is InChI=1S/C38H49BrN4O5/c1-7-20-41(23-26-14-12-11-13-15-26)35(45)31-32-36(46)43(30(24-44)25(5)6)34(38(32)22-29(39)33(31)48-38)37(47)42(21-8-2)28-18-16-27(17-19-28)40(9-3)10-4/h7-8,11-19,25,29-34,44H,1-2,9-10,20-24H2,3-6H3/t29?,30-,31+,32-,33+,34?,38?/m0/s1. The molecule has 0 saturated carbocycles. The van der Waals surface area contributed by atoms with Crippen LogP contribution in [-0.4, -0.2) is 94.0 Å². The molecule has 1 spiro atoms. The second kappa shape index (κ2) is 15.0. The van der Waals surface area contributed by atoms with E-state index in [1.165, 1.54) is 0 Å². The molecule has 5 rings (SSSR count). The van der Waals surface area contributed by atoms with E-state index in [0.717, 1.165) is 24.3 Å². The Labute approximate surface area is 293 Å². The van der Waals surface area contributed by atoms with Crippen LogP contribution in [0.3, 0.4) is 0 Å². The summed E-state index contributed by atoms with van der Waals surface area (Å²) in [5, 5.41) is 10.7. The predicted molar refractivity (Wildman–Crippen MR) is 193 cm³/mol. The number of alkyl halides is 1. The summed E-state index contributed by atoms with van der Waals surface area (Å²) < 4.78 is 6.82. The van der Waals surface area contributed by atoms with Gasteiger partial charge >= 0.3 is 0 Å². The summed E-state index contributed by atoms with van der Waals surface area (Å²) in [4.78, 5) is 51.3. The highest BCUT2D eigenvalue weighted by Crippen LogP contribution is 2.61. The van der Waals surface area contributed by atoms with Crippen LogP contribution in [-0.2, 0) is 25.7 Å². The van der Waals surface area contributed by atoms with Gasteiger partial charge in [-0.25, -0.2) is 0 Å². The van der Waals surface area contributed by atoms with Crippen LogP contribution in [0.5, 0.6) is 0 Å². The lowest BCUT2D eigenvalue weighted by molar-refractivity contribution is -0.148. The van der Waals surface area contributed by atoms with Gasteiger partial charge in [-0.1, -0.05) is 72.3 Å². The quantitative estimate of drug-likeness (QED) is 0.205. The van der Waals surface area contributed by atoms with E-state index >= 15 is 4.79 Å². The number of nitrogens with zero attached hydrogens (tertiary/aromatic N) is 4. The summed E-state index contributed by atoms with van der Waals surface area (Å²) in [5.74, 6) is -2.71. The zero-order valence-corrected chi connectivity index (χ0v) is 30.1. The third-order valence-electron chi connectivity index (χ3n) is 10.3. The van der Waals surface area contributed by atoms with Crippen molar-refractivity contribution in [3.05, 3.63) is 85.5 Å². The van der Waals surface area contributed by atoms with E-state index in [0.29, 0.717) is 25.2 Å². The van der Waals surface area contributed by atoms with E-state index in [4.69, 9.17) is 4.74 Å². The van der Waals surface area contributed by atoms with E-state index in [9.17, 15) is 14.7 Å². The lowest BCUT2D eigenvalue weighted by Crippen LogP contribution is -2.60. The molecule has 7 atom stereocenters. The van der Waals surface area contributed by atoms with Crippen molar-refractivity contribution in [3.8, 4) is 0 Å². The molecular formula is C38H49BrN4O5. The maximum atomic E-state index is 15.0. The zero-order chi connectivity index (χ0) is 34.7. The van der Waals surface area contributed by atoms with Crippen LogP contribution in [0.2, 0.25) is 0 Å². The number of fused-ring (bicyclic) bond motifs is 1. The van der Waals surface area contributed by atoms with Gasteiger partial charge in [-0.2, -0.15) is 0 Å². The average Bonchev–Trinajstić information content (AvgIpc) is 3.68. The minimum Gasteiger partial charge on any atom is -0.394 e. The van der Waals surface area contributed by atoms with Gasteiger partial charge < -0.3 is 29.4 Å². The highest BCUT2D eigenvalue weighted by molar-refractivity contribution is 9.09. The molecule has 3 amide bonds. The van der Waals surface area contributed by atoms with E-state index in [-0.39, 0.29) is 41.6 Å². The molecule has 9 nitrogen and oxygen atoms in total. The lowest BCUT2D eigenvalue weighted by Gasteiger charge is -2.40. The Morgan fingerprint density at radius 1 is 1.02 bits per heavy atom. The van der Waals surface area contributed by atoms with Gasteiger partial charge in [-0.3, -0.25) is 14.4 Å². The Balaban J connectivity index is 1.58. The minimum atomic E-state index is -1.26. The first-order chi connectivity index (χ1) is 23.1. The molecule has 10 heteroatoms. The maximum absolute atomic E-state index is 15.0. The first-order valence-corrected chi connectivity index (χ1v) is 18.0. The van der Waals surface area contributed by atoms with Gasteiger partial charge in [0.2, 0.25) is 11.8 Å². The minimum absolute atomic E-state index is 0.160. The van der Waals surface area contributed by atoms with Crippen LogP contribution in [0, 0.1) is 17.8 Å². The Hall–Kier alpha value is -3.47. The number of benzene rings is 2. The lowest BCUT2D eigenvalue weighted by atomic mass is 9.70. The Bertz CT molecular complexity index is 1480. The molecule has 1 N–H and O–H groups in total. The Kier molecular flexibility index (Phi) is 11.2. The summed E-state index contributed by atoms with van der Waals surface area (Å²) in [6, 6.07) is 15.8. The Morgan fingerprint density at radius 2 is 1.65 bits per heavy atom. The fraction of sp³-hybridized carbons (Fsp3) is 0.500. The van der Waals surface area contributed by atoms with Crippen LogP contribution in [0.1, 0.15) is 39.7 Å². The number of halogens is 1. The molecule has 3 aliphatic heterocycles. The van der Waals surface area contributed by atoms with Crippen LogP contribution >= 0.6 is 15.9 Å². The molecule has 0 aliphatic carbocycles. The monoisotopic (exact) mass is 720 g/mol. The van der Waals surface area contributed by atoms with Crippen molar-refractivity contribution in [1.82, 2.24) is 9.80 Å². The normalized spacial score (nSPS) is 26.4. The van der Waals surface area contributed by atoms with E-state index in [1.54, 1.807) is 26.9 Å². The van der Waals surface area contributed by atoms with Gasteiger partial charge in [-0.05, 0) is 56.0 Å². The van der Waals surface area contributed by atoms with Gasteiger partial charge in [0.25, 0.3) is 5.91 Å². The molecule has 2 aromatic carbocycles. The third-order valence-corrected chi connectivity index (χ3v) is 11.1. The van der Waals surface area contributed by atoms with Crippen molar-refractivity contribution in [1.29, 1.82) is 0 Å². The predicted octanol–water partition coefficient (Wildman–Crippen LogP) is 5.03. The second-order valence-corrected chi connectivity index (χ2v) is 14.5. The topological polar surface area (TPSA) is 93.6 Å². The number of likely N-dealkylation sites (tertiary alicyclic amines) is 1. The number of rotatable bonds is 15. The van der Waals surface area contributed by atoms with Crippen molar-refractivity contribution in [2.24, 2.45) is 17.8 Å². The molecular weight excluding hydrogens is 672 g/mol. The van der Waals surface area contributed by atoms with Gasteiger partial charge in [0.15, 0.2) is 0 Å². The van der Waals surface area contributed by atoms with Crippen LogP contribution in [0.25, 0.3) is 0 Å². The SMILES string of the molecule is C=CCN(Cc1ccccc1)C(=O)[C@H]1[C@@H]2OC3(CC2Br)C(C(=O)N(CC=C)c2ccc(N(CC)CC)cc2)N([C@@H](CO)C(C)C)C(=O)[C@H]13. The van der Waals surface area contributed by atoms with E-state index in [2.05, 4.69) is 47.8 Å². The van der Waals surface area contributed by atoms with Crippen LogP contribution in [0.15, 0.2) is 79.9 Å². The van der Waals surface area contributed by atoms with Crippen molar-refractivity contribution in [2.45, 2.75) is 69.3 Å². The van der Waals surface area contributed by atoms with Crippen molar-refractivity contribution in [3.63, 3.8) is 0 Å². The number of hydrogen-bond donors (Lipinski definition) is 1. The first-order valence-electron chi connectivity index (χ1n) is 17.0. The largest absolute Gasteiger partial charge is 0.394 e. The molecule has 3 heterocycles. The molecule has 3 fully saturated rings. The number of hydrogen-bond acceptors (Lipinski definition) is 6. The third kappa shape index (κ3) is 6.23. The van der Waals surface area contributed by atoms with Gasteiger partial charge in [0.05, 0.1) is 30.6 Å². The second-order valence-electron chi connectivity index (χ2n) is 13.3. The molecule has 0 radical (unpaired) electrons. The number of aliphatic hydroxyl groups is 1. The summed E-state index contributed by atoms with van der Waals surface area (Å²) in [6.07, 6.45) is 3.14. The molecule has 0 aromatic heterocycles. The van der Waals surface area contributed by atoms with Gasteiger partial charge in [0.1, 0.15) is 11.6 Å². The molecule has 258 valence electrons. The Morgan fingerprint density at radius 3 is 2.21 bits per heavy atom.